The summed E-state index contributed by atoms with van der Waals surface area (Å²) in [5.74, 6) is 1.58. The van der Waals surface area contributed by atoms with E-state index in [1.165, 1.54) is 10.8 Å². The molecule has 31 heavy (non-hydrogen) atoms. The van der Waals surface area contributed by atoms with E-state index in [0.29, 0.717) is 29.4 Å². The smallest absolute Gasteiger partial charge is 0.318 e. The first-order valence-corrected chi connectivity index (χ1v) is 10.8. The monoisotopic (exact) mass is 442 g/mol. The summed E-state index contributed by atoms with van der Waals surface area (Å²) in [5.41, 5.74) is 1.14. The summed E-state index contributed by atoms with van der Waals surface area (Å²) in [4.78, 5) is 32.0. The van der Waals surface area contributed by atoms with Gasteiger partial charge >= 0.3 is 11.1 Å². The first-order valence-electron chi connectivity index (χ1n) is 10.4. The fourth-order valence-corrected chi connectivity index (χ4v) is 4.58. The van der Waals surface area contributed by atoms with Crippen LogP contribution in [0.15, 0.2) is 40.1 Å². The third-order valence-electron chi connectivity index (χ3n) is 6.04. The zero-order chi connectivity index (χ0) is 21.5. The van der Waals surface area contributed by atoms with Gasteiger partial charge in [0.1, 0.15) is 13.2 Å². The van der Waals surface area contributed by atoms with Crippen LogP contribution in [-0.2, 0) is 13.6 Å². The maximum Gasteiger partial charge on any atom is 0.318 e. The number of aryl methyl sites for hydroxylation is 1. The van der Waals surface area contributed by atoms with Crippen molar-refractivity contribution in [3.8, 4) is 11.5 Å². The second-order valence-corrected chi connectivity index (χ2v) is 8.46. The molecule has 162 valence electrons. The van der Waals surface area contributed by atoms with Crippen molar-refractivity contribution in [1.29, 1.82) is 0 Å². The van der Waals surface area contributed by atoms with Gasteiger partial charge in [-0.3, -0.25) is 19.1 Å². The number of aromatic nitrogens is 3. The lowest BCUT2D eigenvalue weighted by atomic mass is 10.0. The molecule has 0 N–H and O–H groups in total. The highest BCUT2D eigenvalue weighted by molar-refractivity contribution is 6.31. The van der Waals surface area contributed by atoms with Gasteiger partial charge in [0.15, 0.2) is 17.1 Å². The molecule has 0 bridgehead atoms. The van der Waals surface area contributed by atoms with Crippen LogP contribution in [0, 0.1) is 0 Å². The topological polar surface area (TPSA) is 78.6 Å². The first-order chi connectivity index (χ1) is 15.0. The van der Waals surface area contributed by atoms with E-state index in [0.717, 1.165) is 49.5 Å². The Kier molecular flexibility index (Phi) is 5.19. The highest BCUT2D eigenvalue weighted by Crippen LogP contribution is 2.32. The Bertz CT molecular complexity index is 1260. The summed E-state index contributed by atoms with van der Waals surface area (Å²) >= 11 is 6.07. The van der Waals surface area contributed by atoms with Crippen LogP contribution >= 0.6 is 11.6 Å². The number of fused-ring (bicyclic) bond motifs is 2. The Balaban J connectivity index is 1.36. The van der Waals surface area contributed by atoms with Gasteiger partial charge in [0.25, 0.3) is 0 Å². The zero-order valence-electron chi connectivity index (χ0n) is 17.2. The van der Waals surface area contributed by atoms with Crippen molar-refractivity contribution in [2.75, 3.05) is 26.3 Å². The summed E-state index contributed by atoms with van der Waals surface area (Å²) in [7, 11) is 1.57. The Morgan fingerprint density at radius 1 is 1.06 bits per heavy atom. The molecule has 9 heteroatoms. The Morgan fingerprint density at radius 2 is 1.81 bits per heavy atom. The molecule has 2 aromatic heterocycles. The highest BCUT2D eigenvalue weighted by atomic mass is 35.5. The highest BCUT2D eigenvalue weighted by Gasteiger charge is 2.25. The number of hydrogen-bond donors (Lipinski definition) is 0. The van der Waals surface area contributed by atoms with Crippen molar-refractivity contribution in [2.45, 2.75) is 25.4 Å². The van der Waals surface area contributed by atoms with Crippen LogP contribution in [-0.4, -0.2) is 45.3 Å². The van der Waals surface area contributed by atoms with Crippen molar-refractivity contribution in [2.24, 2.45) is 7.05 Å². The van der Waals surface area contributed by atoms with Crippen molar-refractivity contribution in [3.05, 3.63) is 61.8 Å². The molecule has 8 nitrogen and oxygen atoms in total. The first kappa shape index (κ1) is 20.1. The predicted molar refractivity (Wildman–Crippen MR) is 117 cm³/mol. The molecule has 0 amide bonds. The molecule has 1 aromatic carbocycles. The third-order valence-corrected chi connectivity index (χ3v) is 6.25. The molecule has 2 aliphatic rings. The van der Waals surface area contributed by atoms with Gasteiger partial charge in [-0.2, -0.15) is 0 Å². The van der Waals surface area contributed by atoms with Crippen LogP contribution in [0.3, 0.4) is 0 Å². The minimum absolute atomic E-state index is 0.0749. The molecule has 0 aliphatic carbocycles. The van der Waals surface area contributed by atoms with E-state index in [9.17, 15) is 9.59 Å². The summed E-state index contributed by atoms with van der Waals surface area (Å²) in [6.07, 6.45) is 3.04. The van der Waals surface area contributed by atoms with Crippen LogP contribution < -0.4 is 20.6 Å². The average Bonchev–Trinajstić information content (AvgIpc) is 2.79. The SMILES string of the molecule is Cn1c(=O)c(=O)n(C2CCN(Cc3ccc4c(c3)OCCO4)CC2)c2ncc(Cl)cc21. The lowest BCUT2D eigenvalue weighted by Gasteiger charge is -2.33. The van der Waals surface area contributed by atoms with Crippen molar-refractivity contribution in [3.63, 3.8) is 0 Å². The molecule has 2 aliphatic heterocycles. The number of nitrogens with zero attached hydrogens (tertiary/aromatic N) is 4. The molecule has 0 atom stereocenters. The van der Waals surface area contributed by atoms with Gasteiger partial charge in [-0.15, -0.1) is 0 Å². The molecular weight excluding hydrogens is 420 g/mol. The lowest BCUT2D eigenvalue weighted by Crippen LogP contribution is -2.45. The lowest BCUT2D eigenvalue weighted by molar-refractivity contribution is 0.168. The second kappa shape index (κ2) is 8.01. The van der Waals surface area contributed by atoms with E-state index in [1.54, 1.807) is 17.7 Å². The molecule has 0 unspecified atom stereocenters. The van der Waals surface area contributed by atoms with Crippen LogP contribution in [0.4, 0.5) is 0 Å². The van der Waals surface area contributed by atoms with E-state index in [4.69, 9.17) is 21.1 Å². The number of halogens is 1. The fourth-order valence-electron chi connectivity index (χ4n) is 4.42. The van der Waals surface area contributed by atoms with Gasteiger partial charge in [-0.05, 0) is 36.6 Å². The molecule has 0 saturated carbocycles. The van der Waals surface area contributed by atoms with Gasteiger partial charge in [0.2, 0.25) is 0 Å². The van der Waals surface area contributed by atoms with Gasteiger partial charge in [-0.25, -0.2) is 4.98 Å². The normalized spacial score (nSPS) is 17.2. The van der Waals surface area contributed by atoms with Gasteiger partial charge < -0.3 is 14.0 Å². The van der Waals surface area contributed by atoms with Gasteiger partial charge in [-0.1, -0.05) is 17.7 Å². The largest absolute Gasteiger partial charge is 0.486 e. The summed E-state index contributed by atoms with van der Waals surface area (Å²) in [5, 5.41) is 0.432. The zero-order valence-corrected chi connectivity index (χ0v) is 18.0. The molecule has 0 radical (unpaired) electrons. The number of piperidine rings is 1. The molecule has 1 saturated heterocycles. The Labute approximate surface area is 183 Å². The van der Waals surface area contributed by atoms with Gasteiger partial charge in [0.05, 0.1) is 10.5 Å². The molecule has 4 heterocycles. The number of rotatable bonds is 3. The van der Waals surface area contributed by atoms with E-state index >= 15 is 0 Å². The number of likely N-dealkylation sites (tertiary alicyclic amines) is 1. The van der Waals surface area contributed by atoms with Crippen LogP contribution in [0.1, 0.15) is 24.4 Å². The predicted octanol–water partition coefficient (Wildman–Crippen LogP) is 2.36. The maximum atomic E-state index is 12.8. The fraction of sp³-hybridized carbons (Fsp3) is 0.409. The minimum Gasteiger partial charge on any atom is -0.486 e. The van der Waals surface area contributed by atoms with Crippen molar-refractivity contribution < 1.29 is 9.47 Å². The molecule has 3 aromatic rings. The Morgan fingerprint density at radius 3 is 2.58 bits per heavy atom. The number of pyridine rings is 1. The van der Waals surface area contributed by atoms with Crippen LogP contribution in [0.25, 0.3) is 11.2 Å². The number of benzene rings is 1. The summed E-state index contributed by atoms with van der Waals surface area (Å²) in [6, 6.07) is 7.66. The molecular formula is C22H23ClN4O4. The standard InChI is InChI=1S/C22H23ClN4O4/c1-25-17-11-15(23)12-24-20(17)27(22(29)21(25)28)16-4-6-26(7-5-16)13-14-2-3-18-19(10-14)31-9-8-30-18/h2-3,10-12,16H,4-9,13H2,1H3. The number of ether oxygens (including phenoxy) is 2. The molecule has 1 fully saturated rings. The Hall–Kier alpha value is -2.84. The maximum absolute atomic E-state index is 12.8. The quantitative estimate of drug-likeness (QED) is 0.579. The summed E-state index contributed by atoms with van der Waals surface area (Å²) in [6.45, 7) is 3.58. The minimum atomic E-state index is -0.560. The van der Waals surface area contributed by atoms with Gasteiger partial charge in [0, 0.05) is 38.9 Å². The van der Waals surface area contributed by atoms with Crippen molar-refractivity contribution >= 4 is 22.8 Å². The number of hydrogen-bond acceptors (Lipinski definition) is 6. The molecule has 5 rings (SSSR count). The van der Waals surface area contributed by atoms with Crippen LogP contribution in [0.2, 0.25) is 5.02 Å². The van der Waals surface area contributed by atoms with Crippen molar-refractivity contribution in [1.82, 2.24) is 19.0 Å². The van der Waals surface area contributed by atoms with E-state index < -0.39 is 11.1 Å². The summed E-state index contributed by atoms with van der Waals surface area (Å²) < 4.78 is 14.2. The molecule has 0 spiro atoms. The van der Waals surface area contributed by atoms with E-state index in [2.05, 4.69) is 16.0 Å². The average molecular weight is 443 g/mol. The third kappa shape index (κ3) is 3.70. The van der Waals surface area contributed by atoms with E-state index in [1.807, 2.05) is 12.1 Å². The van der Waals surface area contributed by atoms with Crippen LogP contribution in [0.5, 0.6) is 11.5 Å². The second-order valence-electron chi connectivity index (χ2n) is 8.02. The van der Waals surface area contributed by atoms with E-state index in [-0.39, 0.29) is 6.04 Å².